The van der Waals surface area contributed by atoms with E-state index in [1.54, 1.807) is 38.4 Å². The summed E-state index contributed by atoms with van der Waals surface area (Å²) in [5, 5.41) is 16.6. The molecule has 0 fully saturated rings. The van der Waals surface area contributed by atoms with Crippen molar-refractivity contribution in [2.45, 2.75) is 18.9 Å². The third kappa shape index (κ3) is 5.47. The van der Waals surface area contributed by atoms with Gasteiger partial charge < -0.3 is 10.6 Å². The fourth-order valence-electron chi connectivity index (χ4n) is 4.67. The average Bonchev–Trinajstić information content (AvgIpc) is 3.57. The lowest BCUT2D eigenvalue weighted by Crippen LogP contribution is -2.48. The van der Waals surface area contributed by atoms with Crippen molar-refractivity contribution in [2.24, 2.45) is 7.05 Å². The highest BCUT2D eigenvalue weighted by Crippen LogP contribution is 2.31. The molecule has 0 radical (unpaired) electrons. The maximum Gasteiger partial charge on any atom is 0.270 e. The SMILES string of the molecule is Cc1n[nH]cc1-c1ccc(NC(=O)[C@@H](NC(=O)c2ccnn2C)C(c2ccccc2)c2ccccc2)cc1F. The van der Waals surface area contributed by atoms with Crippen LogP contribution in [0.5, 0.6) is 0 Å². The highest BCUT2D eigenvalue weighted by atomic mass is 19.1. The number of hydrogen-bond donors (Lipinski definition) is 3. The highest BCUT2D eigenvalue weighted by molar-refractivity contribution is 6.01. The molecule has 5 rings (SSSR count). The van der Waals surface area contributed by atoms with Crippen molar-refractivity contribution in [1.29, 1.82) is 0 Å². The van der Waals surface area contributed by atoms with E-state index >= 15 is 4.39 Å². The Balaban J connectivity index is 1.51. The molecule has 5 aromatic rings. The van der Waals surface area contributed by atoms with Crippen molar-refractivity contribution in [3.8, 4) is 11.1 Å². The summed E-state index contributed by atoms with van der Waals surface area (Å²) in [6.07, 6.45) is 3.14. The summed E-state index contributed by atoms with van der Waals surface area (Å²) >= 11 is 0. The summed E-state index contributed by atoms with van der Waals surface area (Å²) in [6.45, 7) is 1.78. The maximum atomic E-state index is 15.1. The molecule has 0 unspecified atom stereocenters. The van der Waals surface area contributed by atoms with Gasteiger partial charge in [-0.25, -0.2) is 4.39 Å². The van der Waals surface area contributed by atoms with E-state index in [0.29, 0.717) is 22.5 Å². The molecule has 0 aliphatic carbocycles. The van der Waals surface area contributed by atoms with Crippen LogP contribution >= 0.6 is 0 Å². The Labute approximate surface area is 224 Å². The molecule has 3 N–H and O–H groups in total. The number of H-pyrrole nitrogens is 1. The Kier molecular flexibility index (Phi) is 7.31. The van der Waals surface area contributed by atoms with Crippen LogP contribution in [0.2, 0.25) is 0 Å². The van der Waals surface area contributed by atoms with Crippen LogP contribution in [0.1, 0.15) is 33.2 Å². The zero-order valence-corrected chi connectivity index (χ0v) is 21.4. The van der Waals surface area contributed by atoms with E-state index in [1.807, 2.05) is 60.7 Å². The number of nitrogens with zero attached hydrogens (tertiary/aromatic N) is 3. The van der Waals surface area contributed by atoms with Gasteiger partial charge in [-0.05, 0) is 42.3 Å². The molecule has 0 saturated carbocycles. The fourth-order valence-corrected chi connectivity index (χ4v) is 4.67. The topological polar surface area (TPSA) is 105 Å². The quantitative estimate of drug-likeness (QED) is 0.272. The number of anilines is 1. The van der Waals surface area contributed by atoms with E-state index in [1.165, 1.54) is 16.9 Å². The fraction of sp³-hybridized carbons (Fsp3) is 0.133. The summed E-state index contributed by atoms with van der Waals surface area (Å²) in [4.78, 5) is 27.2. The molecule has 0 spiro atoms. The van der Waals surface area contributed by atoms with Gasteiger partial charge in [0.05, 0.1) is 5.69 Å². The smallest absolute Gasteiger partial charge is 0.270 e. The molecule has 2 amide bonds. The molecule has 0 saturated heterocycles. The van der Waals surface area contributed by atoms with Crippen molar-refractivity contribution >= 4 is 17.5 Å². The zero-order valence-electron chi connectivity index (χ0n) is 21.4. The van der Waals surface area contributed by atoms with Crippen LogP contribution < -0.4 is 10.6 Å². The van der Waals surface area contributed by atoms with Gasteiger partial charge in [0, 0.05) is 42.2 Å². The van der Waals surface area contributed by atoms with E-state index in [9.17, 15) is 9.59 Å². The predicted molar refractivity (Wildman–Crippen MR) is 147 cm³/mol. The highest BCUT2D eigenvalue weighted by Gasteiger charge is 2.33. The first-order valence-electron chi connectivity index (χ1n) is 12.4. The van der Waals surface area contributed by atoms with Crippen LogP contribution in [-0.2, 0) is 11.8 Å². The Morgan fingerprint density at radius 2 is 1.59 bits per heavy atom. The van der Waals surface area contributed by atoms with Gasteiger partial charge in [0.25, 0.3) is 5.91 Å². The van der Waals surface area contributed by atoms with E-state index in [2.05, 4.69) is 25.9 Å². The number of halogens is 1. The third-order valence-corrected chi connectivity index (χ3v) is 6.63. The van der Waals surface area contributed by atoms with Gasteiger partial charge in [-0.15, -0.1) is 0 Å². The van der Waals surface area contributed by atoms with Gasteiger partial charge in [0.15, 0.2) is 0 Å². The van der Waals surface area contributed by atoms with Crippen LogP contribution in [-0.4, -0.2) is 37.8 Å². The monoisotopic (exact) mass is 522 g/mol. The number of benzene rings is 3. The number of aromatic nitrogens is 4. The van der Waals surface area contributed by atoms with E-state index < -0.39 is 29.6 Å². The molecule has 3 aromatic carbocycles. The minimum atomic E-state index is -1.03. The molecular weight excluding hydrogens is 495 g/mol. The summed E-state index contributed by atoms with van der Waals surface area (Å²) in [5.41, 5.74) is 3.92. The summed E-state index contributed by atoms with van der Waals surface area (Å²) < 4.78 is 16.5. The van der Waals surface area contributed by atoms with Crippen molar-refractivity contribution < 1.29 is 14.0 Å². The van der Waals surface area contributed by atoms with E-state index in [-0.39, 0.29) is 5.69 Å². The molecule has 0 bridgehead atoms. The average molecular weight is 523 g/mol. The number of aryl methyl sites for hydroxylation is 2. The minimum Gasteiger partial charge on any atom is -0.338 e. The maximum absolute atomic E-state index is 15.1. The second kappa shape index (κ2) is 11.1. The predicted octanol–water partition coefficient (Wildman–Crippen LogP) is 4.83. The van der Waals surface area contributed by atoms with Crippen LogP contribution in [0.3, 0.4) is 0 Å². The number of amides is 2. The summed E-state index contributed by atoms with van der Waals surface area (Å²) in [7, 11) is 1.65. The molecule has 196 valence electrons. The van der Waals surface area contributed by atoms with Crippen LogP contribution in [0, 0.1) is 12.7 Å². The van der Waals surface area contributed by atoms with Crippen molar-refractivity contribution in [3.63, 3.8) is 0 Å². The first-order chi connectivity index (χ1) is 18.9. The van der Waals surface area contributed by atoms with Gasteiger partial charge in [0.2, 0.25) is 5.91 Å². The van der Waals surface area contributed by atoms with Gasteiger partial charge >= 0.3 is 0 Å². The third-order valence-electron chi connectivity index (χ3n) is 6.63. The number of rotatable bonds is 8. The lowest BCUT2D eigenvalue weighted by Gasteiger charge is -2.28. The van der Waals surface area contributed by atoms with Crippen LogP contribution in [0.4, 0.5) is 10.1 Å². The number of hydrogen-bond acceptors (Lipinski definition) is 4. The first-order valence-corrected chi connectivity index (χ1v) is 12.4. The standard InChI is InChI=1S/C30H27FN6O2/c1-19-24(18-32-36-19)23-14-13-22(17-25(23)31)34-30(39)28(35-29(38)26-15-16-33-37(26)2)27(20-9-5-3-6-10-20)21-11-7-4-8-12-21/h3-18,27-28H,1-2H3,(H,32,36)(H,34,39)(H,35,38)/t28-/m0/s1. The lowest BCUT2D eigenvalue weighted by molar-refractivity contribution is -0.118. The Bertz CT molecular complexity index is 1560. The molecular formula is C30H27FN6O2. The first kappa shape index (κ1) is 25.6. The molecule has 39 heavy (non-hydrogen) atoms. The van der Waals surface area contributed by atoms with Crippen molar-refractivity contribution in [2.75, 3.05) is 5.32 Å². The summed E-state index contributed by atoms with van der Waals surface area (Å²) in [5.74, 6) is -1.98. The Morgan fingerprint density at radius 1 is 0.923 bits per heavy atom. The van der Waals surface area contributed by atoms with Gasteiger partial charge in [0.1, 0.15) is 17.6 Å². The van der Waals surface area contributed by atoms with Crippen molar-refractivity contribution in [3.05, 3.63) is 126 Å². The van der Waals surface area contributed by atoms with Crippen LogP contribution in [0.25, 0.3) is 11.1 Å². The Hall–Kier alpha value is -5.05. The Morgan fingerprint density at radius 3 is 2.13 bits per heavy atom. The van der Waals surface area contributed by atoms with E-state index in [4.69, 9.17) is 0 Å². The largest absolute Gasteiger partial charge is 0.338 e. The van der Waals surface area contributed by atoms with Gasteiger partial charge in [-0.2, -0.15) is 10.2 Å². The molecule has 0 aliphatic rings. The van der Waals surface area contributed by atoms with E-state index in [0.717, 1.165) is 11.1 Å². The minimum absolute atomic E-state index is 0.266. The zero-order chi connectivity index (χ0) is 27.4. The normalized spacial score (nSPS) is 11.8. The van der Waals surface area contributed by atoms with Crippen molar-refractivity contribution in [1.82, 2.24) is 25.3 Å². The molecule has 9 heteroatoms. The van der Waals surface area contributed by atoms with Crippen LogP contribution in [0.15, 0.2) is 97.3 Å². The second-order valence-corrected chi connectivity index (χ2v) is 9.16. The summed E-state index contributed by atoms with van der Waals surface area (Å²) in [6, 6.07) is 24.0. The number of aromatic amines is 1. The molecule has 2 aromatic heterocycles. The molecule has 2 heterocycles. The lowest BCUT2D eigenvalue weighted by atomic mass is 9.84. The second-order valence-electron chi connectivity index (χ2n) is 9.16. The molecule has 8 nitrogen and oxygen atoms in total. The number of nitrogens with one attached hydrogen (secondary N) is 3. The molecule has 0 aliphatic heterocycles. The molecule has 1 atom stereocenters. The number of carbonyl (C=O) groups is 2. The van der Waals surface area contributed by atoms with Gasteiger partial charge in [-0.3, -0.25) is 19.4 Å². The van der Waals surface area contributed by atoms with Gasteiger partial charge in [-0.1, -0.05) is 60.7 Å². The number of carbonyl (C=O) groups excluding carboxylic acids is 2.